The Bertz CT molecular complexity index is 630. The fourth-order valence-electron chi connectivity index (χ4n) is 1.56. The third-order valence-corrected chi connectivity index (χ3v) is 4.34. The Kier molecular flexibility index (Phi) is 3.38. The molecule has 0 atom stereocenters. The Morgan fingerprint density at radius 1 is 1.22 bits per heavy atom. The van der Waals surface area contributed by atoms with Crippen LogP contribution in [0.15, 0.2) is 41.6 Å². The van der Waals surface area contributed by atoms with Gasteiger partial charge in [-0.15, -0.1) is 0 Å². The molecule has 6 heteroatoms. The van der Waals surface area contributed by atoms with Gasteiger partial charge in [-0.2, -0.15) is 5.10 Å². The van der Waals surface area contributed by atoms with Gasteiger partial charge in [-0.25, -0.2) is 8.42 Å². The van der Waals surface area contributed by atoms with Gasteiger partial charge < -0.3 is 5.32 Å². The third kappa shape index (κ3) is 2.70. The second-order valence-corrected chi connectivity index (χ2v) is 6.23. The topological polar surface area (TPSA) is 64.0 Å². The largest absolute Gasteiger partial charge is 0.353 e. The molecule has 2 aromatic rings. The van der Waals surface area contributed by atoms with E-state index in [1.165, 1.54) is 0 Å². The van der Waals surface area contributed by atoms with Crippen LogP contribution in [0.25, 0.3) is 0 Å². The van der Waals surface area contributed by atoms with E-state index in [1.807, 2.05) is 13.2 Å². The van der Waals surface area contributed by atoms with Gasteiger partial charge in [0.05, 0.1) is 22.5 Å². The minimum Gasteiger partial charge on any atom is -0.353 e. The summed E-state index contributed by atoms with van der Waals surface area (Å²) in [7, 11) is -1.29. The van der Waals surface area contributed by atoms with E-state index < -0.39 is 9.84 Å². The number of aryl methyl sites for hydroxylation is 1. The van der Waals surface area contributed by atoms with Crippen molar-refractivity contribution < 1.29 is 8.42 Å². The molecule has 0 fully saturated rings. The smallest absolute Gasteiger partial charge is 0.178 e. The van der Waals surface area contributed by atoms with Gasteiger partial charge in [0, 0.05) is 18.9 Å². The molecule has 96 valence electrons. The molecule has 5 nitrogen and oxygen atoms in total. The lowest BCUT2D eigenvalue weighted by molar-refractivity contribution is 0.597. The third-order valence-electron chi connectivity index (χ3n) is 2.59. The van der Waals surface area contributed by atoms with Gasteiger partial charge in [0.1, 0.15) is 0 Å². The quantitative estimate of drug-likeness (QED) is 0.917. The molecule has 0 saturated carbocycles. The lowest BCUT2D eigenvalue weighted by atomic mass is 10.3. The van der Waals surface area contributed by atoms with E-state index in [2.05, 4.69) is 10.4 Å². The van der Waals surface area contributed by atoms with Gasteiger partial charge in [-0.1, -0.05) is 6.92 Å². The van der Waals surface area contributed by atoms with Gasteiger partial charge in [-0.05, 0) is 24.3 Å². The van der Waals surface area contributed by atoms with Crippen LogP contribution >= 0.6 is 0 Å². The molecule has 0 amide bonds. The van der Waals surface area contributed by atoms with E-state index in [-0.39, 0.29) is 5.75 Å². The SMILES string of the molecule is CCS(=O)(=O)c1ccc(Nc2cnn(C)c2)cc1. The predicted octanol–water partition coefficient (Wildman–Crippen LogP) is 1.96. The number of sulfone groups is 1. The highest BCUT2D eigenvalue weighted by molar-refractivity contribution is 7.91. The van der Waals surface area contributed by atoms with Crippen molar-refractivity contribution in [2.75, 3.05) is 11.1 Å². The van der Waals surface area contributed by atoms with Gasteiger partial charge in [-0.3, -0.25) is 4.68 Å². The maximum Gasteiger partial charge on any atom is 0.178 e. The zero-order chi connectivity index (χ0) is 13.2. The molecule has 0 spiro atoms. The molecule has 0 aliphatic rings. The highest BCUT2D eigenvalue weighted by atomic mass is 32.2. The Balaban J connectivity index is 2.18. The summed E-state index contributed by atoms with van der Waals surface area (Å²) in [5.41, 5.74) is 1.70. The van der Waals surface area contributed by atoms with Crippen molar-refractivity contribution in [3.05, 3.63) is 36.7 Å². The number of hydrogen-bond donors (Lipinski definition) is 1. The van der Waals surface area contributed by atoms with Crippen molar-refractivity contribution in [2.45, 2.75) is 11.8 Å². The second kappa shape index (κ2) is 4.81. The van der Waals surface area contributed by atoms with Crippen molar-refractivity contribution in [1.29, 1.82) is 0 Å². The van der Waals surface area contributed by atoms with E-state index in [4.69, 9.17) is 0 Å². The molecule has 1 aromatic heterocycles. The Hall–Kier alpha value is -1.82. The number of nitrogens with zero attached hydrogens (tertiary/aromatic N) is 2. The first kappa shape index (κ1) is 12.6. The average molecular weight is 265 g/mol. The van der Waals surface area contributed by atoms with E-state index in [1.54, 1.807) is 42.1 Å². The Morgan fingerprint density at radius 3 is 2.39 bits per heavy atom. The van der Waals surface area contributed by atoms with Crippen LogP contribution in [-0.4, -0.2) is 24.0 Å². The normalized spacial score (nSPS) is 11.4. The van der Waals surface area contributed by atoms with Crippen molar-refractivity contribution in [1.82, 2.24) is 9.78 Å². The maximum atomic E-state index is 11.6. The molecule has 0 saturated heterocycles. The standard InChI is InChI=1S/C12H15N3O2S/c1-3-18(16,17)12-6-4-10(5-7-12)14-11-8-13-15(2)9-11/h4-9,14H,3H2,1-2H3. The lowest BCUT2D eigenvalue weighted by Gasteiger charge is -2.05. The molecule has 18 heavy (non-hydrogen) atoms. The summed E-state index contributed by atoms with van der Waals surface area (Å²) >= 11 is 0. The molecule has 0 aliphatic carbocycles. The highest BCUT2D eigenvalue weighted by Gasteiger charge is 2.10. The fraction of sp³-hybridized carbons (Fsp3) is 0.250. The molecule has 1 heterocycles. The number of benzene rings is 1. The van der Waals surface area contributed by atoms with Crippen LogP contribution in [0.3, 0.4) is 0 Å². The first-order chi connectivity index (χ1) is 8.51. The van der Waals surface area contributed by atoms with Gasteiger partial charge in [0.15, 0.2) is 9.84 Å². The Labute approximate surface area is 106 Å². The Morgan fingerprint density at radius 2 is 1.89 bits per heavy atom. The molecule has 1 aromatic carbocycles. The zero-order valence-electron chi connectivity index (χ0n) is 10.3. The van der Waals surface area contributed by atoms with E-state index >= 15 is 0 Å². The molecule has 0 aliphatic heterocycles. The number of nitrogens with one attached hydrogen (secondary N) is 1. The average Bonchev–Trinajstić information content (AvgIpc) is 2.75. The van der Waals surface area contributed by atoms with E-state index in [0.717, 1.165) is 11.4 Å². The van der Waals surface area contributed by atoms with Crippen LogP contribution in [0.1, 0.15) is 6.92 Å². The van der Waals surface area contributed by atoms with Crippen molar-refractivity contribution in [3.8, 4) is 0 Å². The minimum atomic E-state index is -3.13. The van der Waals surface area contributed by atoms with Gasteiger partial charge in [0.2, 0.25) is 0 Å². The second-order valence-electron chi connectivity index (χ2n) is 3.96. The van der Waals surface area contributed by atoms with Gasteiger partial charge >= 0.3 is 0 Å². The summed E-state index contributed by atoms with van der Waals surface area (Å²) < 4.78 is 25.0. The molecular formula is C12H15N3O2S. The summed E-state index contributed by atoms with van der Waals surface area (Å²) in [6.07, 6.45) is 3.55. The summed E-state index contributed by atoms with van der Waals surface area (Å²) in [6.45, 7) is 1.64. The van der Waals surface area contributed by atoms with Crippen LogP contribution in [0.5, 0.6) is 0 Å². The molecule has 0 bridgehead atoms. The van der Waals surface area contributed by atoms with E-state index in [0.29, 0.717) is 4.90 Å². The number of hydrogen-bond acceptors (Lipinski definition) is 4. The summed E-state index contributed by atoms with van der Waals surface area (Å²) in [4.78, 5) is 0.349. The van der Waals surface area contributed by atoms with Crippen molar-refractivity contribution >= 4 is 21.2 Å². The number of aromatic nitrogens is 2. The van der Waals surface area contributed by atoms with Crippen molar-refractivity contribution in [2.24, 2.45) is 7.05 Å². The summed E-state index contributed by atoms with van der Waals surface area (Å²) in [5.74, 6) is 0.113. The molecular weight excluding hydrogens is 250 g/mol. The zero-order valence-corrected chi connectivity index (χ0v) is 11.1. The van der Waals surface area contributed by atoms with Crippen LogP contribution in [0.2, 0.25) is 0 Å². The van der Waals surface area contributed by atoms with Gasteiger partial charge in [0.25, 0.3) is 0 Å². The monoisotopic (exact) mass is 265 g/mol. The minimum absolute atomic E-state index is 0.113. The molecule has 0 radical (unpaired) electrons. The summed E-state index contributed by atoms with van der Waals surface area (Å²) in [6, 6.07) is 6.71. The molecule has 2 rings (SSSR count). The van der Waals surface area contributed by atoms with Crippen LogP contribution < -0.4 is 5.32 Å². The van der Waals surface area contributed by atoms with Crippen LogP contribution in [-0.2, 0) is 16.9 Å². The number of rotatable bonds is 4. The first-order valence-corrected chi connectivity index (χ1v) is 7.25. The van der Waals surface area contributed by atoms with E-state index in [9.17, 15) is 8.42 Å². The number of anilines is 2. The highest BCUT2D eigenvalue weighted by Crippen LogP contribution is 2.18. The first-order valence-electron chi connectivity index (χ1n) is 5.60. The van der Waals surface area contributed by atoms with Crippen LogP contribution in [0, 0.1) is 0 Å². The predicted molar refractivity (Wildman–Crippen MR) is 70.7 cm³/mol. The van der Waals surface area contributed by atoms with Crippen molar-refractivity contribution in [3.63, 3.8) is 0 Å². The molecule has 1 N–H and O–H groups in total. The molecule has 0 unspecified atom stereocenters. The maximum absolute atomic E-state index is 11.6. The fourth-order valence-corrected chi connectivity index (χ4v) is 2.45. The summed E-state index contributed by atoms with van der Waals surface area (Å²) in [5, 5.41) is 7.18. The lowest BCUT2D eigenvalue weighted by Crippen LogP contribution is -2.03. The van der Waals surface area contributed by atoms with Crippen LogP contribution in [0.4, 0.5) is 11.4 Å².